The second-order valence-electron chi connectivity index (χ2n) is 5.48. The van der Waals surface area contributed by atoms with E-state index in [0.29, 0.717) is 32.4 Å². The highest BCUT2D eigenvalue weighted by Crippen LogP contribution is 2.33. The summed E-state index contributed by atoms with van der Waals surface area (Å²) in [6, 6.07) is 9.72. The molecule has 0 saturated carbocycles. The van der Waals surface area contributed by atoms with E-state index in [0.717, 1.165) is 5.56 Å². The van der Waals surface area contributed by atoms with E-state index >= 15 is 0 Å². The van der Waals surface area contributed by atoms with Crippen LogP contribution >= 0.6 is 35.6 Å². The van der Waals surface area contributed by atoms with Crippen molar-refractivity contribution < 1.29 is 18.7 Å². The van der Waals surface area contributed by atoms with Crippen LogP contribution in [-0.4, -0.2) is 16.8 Å². The van der Waals surface area contributed by atoms with Gasteiger partial charge in [-0.25, -0.2) is 4.39 Å². The van der Waals surface area contributed by atoms with Crippen LogP contribution in [0.25, 0.3) is 6.08 Å². The average molecular weight is 424 g/mol. The maximum Gasteiger partial charge on any atom is 0.263 e. The Bertz CT molecular complexity index is 913. The van der Waals surface area contributed by atoms with Gasteiger partial charge < -0.3 is 14.8 Å². The number of carbonyl (C=O) groups is 1. The number of halogens is 2. The number of thioether (sulfide) groups is 1. The summed E-state index contributed by atoms with van der Waals surface area (Å²) >= 11 is 12.2. The molecule has 2 aromatic rings. The van der Waals surface area contributed by atoms with Crippen molar-refractivity contribution in [2.24, 2.45) is 0 Å². The van der Waals surface area contributed by atoms with Gasteiger partial charge in [0.05, 0.1) is 16.5 Å². The maximum absolute atomic E-state index is 13.9. The minimum Gasteiger partial charge on any atom is -0.490 e. The number of benzene rings is 2. The molecule has 0 unspecified atom stereocenters. The smallest absolute Gasteiger partial charge is 0.263 e. The van der Waals surface area contributed by atoms with Crippen molar-refractivity contribution in [3.05, 3.63) is 63.3 Å². The molecule has 0 radical (unpaired) electrons. The monoisotopic (exact) mass is 423 g/mol. The Labute approximate surface area is 170 Å². The molecule has 1 aliphatic rings. The molecule has 0 atom stereocenters. The first-order valence-electron chi connectivity index (χ1n) is 8.05. The zero-order valence-electron chi connectivity index (χ0n) is 14.3. The molecule has 1 amide bonds. The highest BCUT2D eigenvalue weighted by molar-refractivity contribution is 8.26. The zero-order chi connectivity index (χ0) is 19.4. The van der Waals surface area contributed by atoms with Crippen LogP contribution in [0.1, 0.15) is 18.1 Å². The molecule has 0 bridgehead atoms. The summed E-state index contributed by atoms with van der Waals surface area (Å²) in [5, 5.41) is 2.87. The number of carbonyl (C=O) groups excluding carboxylic acids is 1. The van der Waals surface area contributed by atoms with E-state index in [9.17, 15) is 9.18 Å². The maximum atomic E-state index is 13.9. The molecule has 1 N–H and O–H groups in total. The Balaban J connectivity index is 1.83. The third-order valence-corrected chi connectivity index (χ3v) is 5.16. The standard InChI is InChI=1S/C19H15ClFNO3S2/c1-2-24-16-8-11(9-17-18(23)22-19(26)27-17)6-7-15(16)25-10-12-13(20)4-3-5-14(12)21/h3-9H,2,10H2,1H3,(H,22,23,26)/b17-9-. The fourth-order valence-electron chi connectivity index (χ4n) is 2.39. The van der Waals surface area contributed by atoms with E-state index in [-0.39, 0.29) is 18.1 Å². The zero-order valence-corrected chi connectivity index (χ0v) is 16.6. The van der Waals surface area contributed by atoms with Crippen LogP contribution in [0.5, 0.6) is 11.5 Å². The van der Waals surface area contributed by atoms with Crippen molar-refractivity contribution in [1.29, 1.82) is 0 Å². The summed E-state index contributed by atoms with van der Waals surface area (Å²) in [5.41, 5.74) is 1.04. The summed E-state index contributed by atoms with van der Waals surface area (Å²) in [6.07, 6.45) is 1.72. The Morgan fingerprint density at radius 3 is 2.74 bits per heavy atom. The second-order valence-corrected chi connectivity index (χ2v) is 7.61. The molecule has 27 heavy (non-hydrogen) atoms. The Morgan fingerprint density at radius 2 is 2.07 bits per heavy atom. The van der Waals surface area contributed by atoms with Crippen molar-refractivity contribution in [2.75, 3.05) is 6.61 Å². The van der Waals surface area contributed by atoms with Crippen LogP contribution in [0.15, 0.2) is 41.3 Å². The Hall–Kier alpha value is -2.09. The first-order chi connectivity index (χ1) is 13.0. The third kappa shape index (κ3) is 4.80. The van der Waals surface area contributed by atoms with Gasteiger partial charge in [0.1, 0.15) is 16.7 Å². The molecule has 1 fully saturated rings. The predicted octanol–water partition coefficient (Wildman–Crippen LogP) is 4.95. The van der Waals surface area contributed by atoms with Crippen molar-refractivity contribution in [3.8, 4) is 11.5 Å². The molecule has 0 aliphatic carbocycles. The number of hydrogen-bond donors (Lipinski definition) is 1. The molecule has 0 aromatic heterocycles. The van der Waals surface area contributed by atoms with E-state index in [1.54, 1.807) is 30.3 Å². The fraction of sp³-hybridized carbons (Fsp3) is 0.158. The van der Waals surface area contributed by atoms with E-state index in [1.807, 2.05) is 6.92 Å². The van der Waals surface area contributed by atoms with Crippen molar-refractivity contribution in [3.63, 3.8) is 0 Å². The highest BCUT2D eigenvalue weighted by Gasteiger charge is 2.22. The minimum atomic E-state index is -0.429. The van der Waals surface area contributed by atoms with Gasteiger partial charge in [0.2, 0.25) is 0 Å². The molecule has 3 rings (SSSR count). The summed E-state index contributed by atoms with van der Waals surface area (Å²) in [5.74, 6) is 0.294. The van der Waals surface area contributed by atoms with Gasteiger partial charge >= 0.3 is 0 Å². The average Bonchev–Trinajstić information content (AvgIpc) is 2.93. The van der Waals surface area contributed by atoms with Crippen LogP contribution in [0.2, 0.25) is 5.02 Å². The fourth-order valence-corrected chi connectivity index (χ4v) is 3.66. The molecular weight excluding hydrogens is 409 g/mol. The van der Waals surface area contributed by atoms with E-state index in [1.165, 1.54) is 23.9 Å². The quantitative estimate of drug-likeness (QED) is 0.526. The lowest BCUT2D eigenvalue weighted by Crippen LogP contribution is -2.17. The SMILES string of the molecule is CCOc1cc(/C=C2\SC(=S)NC2=O)ccc1OCc1c(F)cccc1Cl. The van der Waals surface area contributed by atoms with Crippen LogP contribution in [0, 0.1) is 5.82 Å². The molecule has 0 spiro atoms. The molecule has 1 heterocycles. The minimum absolute atomic E-state index is 0.0292. The lowest BCUT2D eigenvalue weighted by Gasteiger charge is -2.14. The van der Waals surface area contributed by atoms with E-state index < -0.39 is 5.82 Å². The summed E-state index contributed by atoms with van der Waals surface area (Å²) in [6.45, 7) is 2.25. The van der Waals surface area contributed by atoms with Crippen molar-refractivity contribution >= 4 is 51.9 Å². The largest absolute Gasteiger partial charge is 0.490 e. The molecule has 1 saturated heterocycles. The normalized spacial score (nSPS) is 15.1. The second kappa shape index (κ2) is 8.73. The number of nitrogens with one attached hydrogen (secondary N) is 1. The van der Waals surface area contributed by atoms with Crippen LogP contribution in [0.4, 0.5) is 4.39 Å². The molecule has 4 nitrogen and oxygen atoms in total. The number of thiocarbonyl (C=S) groups is 1. The lowest BCUT2D eigenvalue weighted by atomic mass is 10.1. The van der Waals surface area contributed by atoms with Gasteiger partial charge in [-0.05, 0) is 42.8 Å². The number of ether oxygens (including phenoxy) is 2. The number of hydrogen-bond acceptors (Lipinski definition) is 5. The van der Waals surface area contributed by atoms with Crippen LogP contribution in [-0.2, 0) is 11.4 Å². The highest BCUT2D eigenvalue weighted by atomic mass is 35.5. The third-order valence-electron chi connectivity index (χ3n) is 3.64. The molecule has 2 aromatic carbocycles. The van der Waals surface area contributed by atoms with Gasteiger partial charge in [0, 0.05) is 5.56 Å². The van der Waals surface area contributed by atoms with Crippen LogP contribution < -0.4 is 14.8 Å². The molecule has 8 heteroatoms. The molecule has 1 aliphatic heterocycles. The Morgan fingerprint density at radius 1 is 1.26 bits per heavy atom. The Kier molecular flexibility index (Phi) is 6.36. The number of amides is 1. The van der Waals surface area contributed by atoms with Crippen molar-refractivity contribution in [2.45, 2.75) is 13.5 Å². The summed E-state index contributed by atoms with van der Waals surface area (Å²) < 4.78 is 25.7. The van der Waals surface area contributed by atoms with E-state index in [2.05, 4.69) is 5.32 Å². The summed E-state index contributed by atoms with van der Waals surface area (Å²) in [4.78, 5) is 12.3. The molecular formula is C19H15ClFNO3S2. The predicted molar refractivity (Wildman–Crippen MR) is 110 cm³/mol. The first-order valence-corrected chi connectivity index (χ1v) is 9.65. The van der Waals surface area contributed by atoms with Gasteiger partial charge in [0.25, 0.3) is 5.91 Å². The van der Waals surface area contributed by atoms with Gasteiger partial charge in [0.15, 0.2) is 11.5 Å². The van der Waals surface area contributed by atoms with Gasteiger partial charge in [-0.2, -0.15) is 0 Å². The van der Waals surface area contributed by atoms with Crippen LogP contribution in [0.3, 0.4) is 0 Å². The first kappa shape index (κ1) is 19.7. The molecule has 140 valence electrons. The number of rotatable bonds is 6. The lowest BCUT2D eigenvalue weighted by molar-refractivity contribution is -0.115. The summed E-state index contributed by atoms with van der Waals surface area (Å²) in [7, 11) is 0. The van der Waals surface area contributed by atoms with Gasteiger partial charge in [-0.3, -0.25) is 4.79 Å². The topological polar surface area (TPSA) is 47.6 Å². The van der Waals surface area contributed by atoms with Gasteiger partial charge in [-0.1, -0.05) is 47.7 Å². The van der Waals surface area contributed by atoms with Crippen molar-refractivity contribution in [1.82, 2.24) is 5.32 Å². The van der Waals surface area contributed by atoms with E-state index in [4.69, 9.17) is 33.3 Å². The van der Waals surface area contributed by atoms with Gasteiger partial charge in [-0.15, -0.1) is 0 Å².